The molecule has 1 N–H and O–H groups in total. The first-order valence-electron chi connectivity index (χ1n) is 6.02. The van der Waals surface area contributed by atoms with Crippen molar-refractivity contribution in [3.05, 3.63) is 37.3 Å². The van der Waals surface area contributed by atoms with Gasteiger partial charge in [0.15, 0.2) is 4.77 Å². The van der Waals surface area contributed by atoms with E-state index >= 15 is 0 Å². The third kappa shape index (κ3) is 1.77. The zero-order chi connectivity index (χ0) is 12.9. The van der Waals surface area contributed by atoms with Crippen LogP contribution in [0, 0.1) is 11.7 Å². The number of rotatable bonds is 1. The van der Waals surface area contributed by atoms with Crippen molar-refractivity contribution < 1.29 is 0 Å². The monoisotopic (exact) mass is 324 g/mol. The lowest BCUT2D eigenvalue weighted by Crippen LogP contribution is -2.30. The van der Waals surface area contributed by atoms with E-state index in [1.807, 2.05) is 19.1 Å². The maximum absolute atomic E-state index is 12.5. The van der Waals surface area contributed by atoms with Gasteiger partial charge in [0, 0.05) is 10.5 Å². The Morgan fingerprint density at radius 2 is 2.17 bits per heavy atom. The van der Waals surface area contributed by atoms with E-state index in [9.17, 15) is 4.79 Å². The largest absolute Gasteiger partial charge is 0.331 e. The molecule has 2 aromatic rings. The van der Waals surface area contributed by atoms with Gasteiger partial charge in [-0.05, 0) is 72.0 Å². The second-order valence-corrected chi connectivity index (χ2v) is 6.10. The van der Waals surface area contributed by atoms with Gasteiger partial charge >= 0.3 is 0 Å². The molecule has 0 saturated heterocycles. The molecule has 0 amide bonds. The molecule has 0 atom stereocenters. The van der Waals surface area contributed by atoms with E-state index < -0.39 is 0 Å². The van der Waals surface area contributed by atoms with Crippen LogP contribution < -0.4 is 5.56 Å². The van der Waals surface area contributed by atoms with Crippen molar-refractivity contribution in [1.29, 1.82) is 0 Å². The highest BCUT2D eigenvalue weighted by Crippen LogP contribution is 2.31. The molecule has 5 heteroatoms. The molecule has 1 aromatic carbocycles. The highest BCUT2D eigenvalue weighted by atomic mass is 79.9. The molecule has 1 aromatic heterocycles. The highest BCUT2D eigenvalue weighted by Gasteiger charge is 2.22. The Labute approximate surface area is 118 Å². The van der Waals surface area contributed by atoms with Crippen molar-refractivity contribution in [2.75, 3.05) is 0 Å². The van der Waals surface area contributed by atoms with E-state index in [0.29, 0.717) is 10.2 Å². The zero-order valence-corrected chi connectivity index (χ0v) is 12.4. The summed E-state index contributed by atoms with van der Waals surface area (Å²) in [5.41, 5.74) is 1.89. The predicted molar refractivity (Wildman–Crippen MR) is 78.7 cm³/mol. The van der Waals surface area contributed by atoms with Gasteiger partial charge in [-0.25, -0.2) is 0 Å². The molecule has 0 unspecified atom stereocenters. The van der Waals surface area contributed by atoms with E-state index in [1.165, 1.54) is 6.42 Å². The van der Waals surface area contributed by atoms with Crippen molar-refractivity contribution in [3.63, 3.8) is 0 Å². The number of nitrogens with zero attached hydrogens (tertiary/aromatic N) is 1. The molecule has 3 nitrogen and oxygen atoms in total. The number of fused-ring (bicyclic) bond motifs is 1. The summed E-state index contributed by atoms with van der Waals surface area (Å²) >= 11 is 8.81. The molecule has 1 aliphatic carbocycles. The van der Waals surface area contributed by atoms with E-state index in [4.69, 9.17) is 12.2 Å². The molecular formula is C13H13BrN2OS. The summed E-state index contributed by atoms with van der Waals surface area (Å²) in [6, 6.07) is 4.19. The zero-order valence-electron chi connectivity index (χ0n) is 10.00. The number of benzene rings is 1. The van der Waals surface area contributed by atoms with Crippen molar-refractivity contribution >= 4 is 39.1 Å². The topological polar surface area (TPSA) is 37.8 Å². The first-order chi connectivity index (χ1) is 8.58. The standard InChI is InChI=1S/C13H13BrN2OS/c1-7-5-9-11(10(14)6-7)15-13(18)16(12(9)17)8-3-2-4-8/h5-6,8H,2-4H2,1H3,(H,15,18). The number of hydrogen-bond acceptors (Lipinski definition) is 2. The van der Waals surface area contributed by atoms with Crippen LogP contribution >= 0.6 is 28.1 Å². The Balaban J connectivity index is 2.40. The van der Waals surface area contributed by atoms with Gasteiger partial charge in [0.05, 0.1) is 10.9 Å². The van der Waals surface area contributed by atoms with E-state index in [1.54, 1.807) is 4.57 Å². The Kier molecular flexibility index (Phi) is 2.90. The lowest BCUT2D eigenvalue weighted by Gasteiger charge is -2.27. The number of aromatic amines is 1. The van der Waals surface area contributed by atoms with Crippen LogP contribution in [0.5, 0.6) is 0 Å². The first kappa shape index (κ1) is 12.1. The molecule has 18 heavy (non-hydrogen) atoms. The Morgan fingerprint density at radius 1 is 1.44 bits per heavy atom. The van der Waals surface area contributed by atoms with Gasteiger partial charge in [-0.3, -0.25) is 9.36 Å². The molecule has 94 valence electrons. The van der Waals surface area contributed by atoms with Crippen LogP contribution in [0.3, 0.4) is 0 Å². The van der Waals surface area contributed by atoms with Crippen LogP contribution in [0.15, 0.2) is 21.4 Å². The third-order valence-corrected chi connectivity index (χ3v) is 4.50. The van der Waals surface area contributed by atoms with Gasteiger partial charge in [0.1, 0.15) is 0 Å². The van der Waals surface area contributed by atoms with Crippen LogP contribution in [0.25, 0.3) is 10.9 Å². The molecular weight excluding hydrogens is 312 g/mol. The first-order valence-corrected chi connectivity index (χ1v) is 7.23. The summed E-state index contributed by atoms with van der Waals surface area (Å²) in [5.74, 6) is 0. The molecule has 1 saturated carbocycles. The van der Waals surface area contributed by atoms with Crippen molar-refractivity contribution in [2.24, 2.45) is 0 Å². The summed E-state index contributed by atoms with van der Waals surface area (Å²) < 4.78 is 3.16. The number of aromatic nitrogens is 2. The fourth-order valence-electron chi connectivity index (χ4n) is 2.40. The second-order valence-electron chi connectivity index (χ2n) is 4.86. The lowest BCUT2D eigenvalue weighted by atomic mass is 9.93. The number of halogens is 1. The average molecular weight is 325 g/mol. The summed E-state index contributed by atoms with van der Waals surface area (Å²) in [4.78, 5) is 15.7. The summed E-state index contributed by atoms with van der Waals surface area (Å²) in [6.45, 7) is 1.99. The van der Waals surface area contributed by atoms with Gasteiger partial charge in [0.25, 0.3) is 5.56 Å². The Morgan fingerprint density at radius 3 is 2.78 bits per heavy atom. The van der Waals surface area contributed by atoms with Gasteiger partial charge < -0.3 is 4.98 Å². The molecule has 0 bridgehead atoms. The van der Waals surface area contributed by atoms with Crippen LogP contribution in [0.2, 0.25) is 0 Å². The molecule has 1 aliphatic rings. The highest BCUT2D eigenvalue weighted by molar-refractivity contribution is 9.10. The van der Waals surface area contributed by atoms with E-state index in [2.05, 4.69) is 20.9 Å². The third-order valence-electron chi connectivity index (χ3n) is 3.57. The SMILES string of the molecule is Cc1cc(Br)c2[nH]c(=S)n(C3CCC3)c(=O)c2c1. The van der Waals surface area contributed by atoms with Crippen LogP contribution in [-0.4, -0.2) is 9.55 Å². The smallest absolute Gasteiger partial charge is 0.262 e. The van der Waals surface area contributed by atoms with Crippen LogP contribution in [-0.2, 0) is 0 Å². The fourth-order valence-corrected chi connectivity index (χ4v) is 3.41. The number of nitrogens with one attached hydrogen (secondary N) is 1. The Bertz CT molecular complexity index is 743. The average Bonchev–Trinajstić information content (AvgIpc) is 2.23. The minimum Gasteiger partial charge on any atom is -0.331 e. The van der Waals surface area contributed by atoms with Crippen LogP contribution in [0.4, 0.5) is 0 Å². The summed E-state index contributed by atoms with van der Waals surface area (Å²) in [5, 5.41) is 0.711. The minimum absolute atomic E-state index is 0.0304. The van der Waals surface area contributed by atoms with E-state index in [-0.39, 0.29) is 11.6 Å². The maximum Gasteiger partial charge on any atom is 0.262 e. The minimum atomic E-state index is 0.0304. The predicted octanol–water partition coefficient (Wildman–Crippen LogP) is 3.86. The van der Waals surface area contributed by atoms with Crippen molar-refractivity contribution in [1.82, 2.24) is 9.55 Å². The Hall–Kier alpha value is -0.940. The number of H-pyrrole nitrogens is 1. The quantitative estimate of drug-likeness (QED) is 0.809. The molecule has 1 fully saturated rings. The van der Waals surface area contributed by atoms with Gasteiger partial charge in [-0.1, -0.05) is 0 Å². The molecule has 0 radical (unpaired) electrons. The summed E-state index contributed by atoms with van der Waals surface area (Å²) in [7, 11) is 0. The molecule has 0 aliphatic heterocycles. The number of aryl methyl sites for hydroxylation is 1. The van der Waals surface area contributed by atoms with Gasteiger partial charge in [0.2, 0.25) is 0 Å². The number of hydrogen-bond donors (Lipinski definition) is 1. The second kappa shape index (κ2) is 4.31. The van der Waals surface area contributed by atoms with Crippen molar-refractivity contribution in [2.45, 2.75) is 32.2 Å². The van der Waals surface area contributed by atoms with Crippen LogP contribution in [0.1, 0.15) is 30.9 Å². The van der Waals surface area contributed by atoms with Gasteiger partial charge in [-0.15, -0.1) is 0 Å². The molecule has 0 spiro atoms. The fraction of sp³-hybridized carbons (Fsp3) is 0.385. The van der Waals surface area contributed by atoms with Gasteiger partial charge in [-0.2, -0.15) is 0 Å². The maximum atomic E-state index is 12.5. The molecule has 1 heterocycles. The normalized spacial score (nSPS) is 15.9. The van der Waals surface area contributed by atoms with Crippen molar-refractivity contribution in [3.8, 4) is 0 Å². The lowest BCUT2D eigenvalue weighted by molar-refractivity contribution is 0.302. The summed E-state index contributed by atoms with van der Waals surface area (Å²) in [6.07, 6.45) is 3.28. The van der Waals surface area contributed by atoms with E-state index in [0.717, 1.165) is 28.4 Å². The molecule has 3 rings (SSSR count).